The van der Waals surface area contributed by atoms with Crippen molar-refractivity contribution in [1.29, 1.82) is 0 Å². The fraction of sp³-hybridized carbons (Fsp3) is 0.0500. The highest BCUT2D eigenvalue weighted by Gasteiger charge is 2.15. The minimum absolute atomic E-state index is 0.0912. The van der Waals surface area contributed by atoms with Gasteiger partial charge in [0.05, 0.1) is 12.7 Å². The molecular formula is C20H14FN3O4. The summed E-state index contributed by atoms with van der Waals surface area (Å²) in [6.45, 7) is 0. The summed E-state index contributed by atoms with van der Waals surface area (Å²) in [5, 5.41) is 8.72. The second-order valence-corrected chi connectivity index (χ2v) is 5.93. The number of benzene rings is 2. The van der Waals surface area contributed by atoms with E-state index in [0.29, 0.717) is 22.5 Å². The molecule has 8 heteroatoms. The summed E-state index contributed by atoms with van der Waals surface area (Å²) < 4.78 is 25.3. The maximum atomic E-state index is 14.7. The number of oxazole rings is 1. The zero-order valence-corrected chi connectivity index (χ0v) is 14.6. The van der Waals surface area contributed by atoms with Crippen molar-refractivity contribution in [3.05, 3.63) is 66.1 Å². The molecule has 28 heavy (non-hydrogen) atoms. The first-order valence-electron chi connectivity index (χ1n) is 8.24. The van der Waals surface area contributed by atoms with Gasteiger partial charge in [0.2, 0.25) is 11.8 Å². The van der Waals surface area contributed by atoms with Crippen LogP contribution in [0.1, 0.15) is 10.4 Å². The summed E-state index contributed by atoms with van der Waals surface area (Å²) in [6, 6.07) is 12.6. The first-order chi connectivity index (χ1) is 13.6. The Morgan fingerprint density at radius 2 is 1.96 bits per heavy atom. The molecule has 7 nitrogen and oxygen atoms in total. The monoisotopic (exact) mass is 379 g/mol. The quantitative estimate of drug-likeness (QED) is 0.413. The molecule has 0 atom stereocenters. The first kappa shape index (κ1) is 17.6. The number of carbonyl (C=O) groups is 1. The average molecular weight is 379 g/mol. The van der Waals surface area contributed by atoms with Crippen molar-refractivity contribution >= 4 is 17.0 Å². The minimum Gasteiger partial charge on any atom is -0.481 e. The van der Waals surface area contributed by atoms with E-state index in [0.717, 1.165) is 5.56 Å². The van der Waals surface area contributed by atoms with E-state index in [9.17, 15) is 9.18 Å². The van der Waals surface area contributed by atoms with Gasteiger partial charge in [0.25, 0.3) is 5.91 Å². The molecule has 2 heterocycles. The molecule has 4 aromatic rings. The molecule has 140 valence electrons. The Labute approximate surface area is 158 Å². The normalized spacial score (nSPS) is 10.8. The molecule has 0 fully saturated rings. The number of hydrogen-bond acceptors (Lipinski definition) is 6. The summed E-state index contributed by atoms with van der Waals surface area (Å²) >= 11 is 0. The molecular weight excluding hydrogens is 365 g/mol. The fourth-order valence-electron chi connectivity index (χ4n) is 2.79. The van der Waals surface area contributed by atoms with Crippen molar-refractivity contribution in [2.24, 2.45) is 0 Å². The zero-order chi connectivity index (χ0) is 19.7. The largest absolute Gasteiger partial charge is 0.481 e. The average Bonchev–Trinajstić information content (AvgIpc) is 3.16. The summed E-state index contributed by atoms with van der Waals surface area (Å²) in [7, 11) is 1.52. The molecule has 2 aromatic heterocycles. The van der Waals surface area contributed by atoms with Gasteiger partial charge >= 0.3 is 0 Å². The van der Waals surface area contributed by atoms with Crippen LogP contribution in [-0.4, -0.2) is 28.2 Å². The lowest BCUT2D eigenvalue weighted by Crippen LogP contribution is -2.18. The van der Waals surface area contributed by atoms with Crippen LogP contribution in [0.3, 0.4) is 0 Å². The number of amides is 1. The van der Waals surface area contributed by atoms with Crippen LogP contribution in [0, 0.1) is 5.82 Å². The van der Waals surface area contributed by atoms with Crippen LogP contribution in [0.2, 0.25) is 0 Å². The number of rotatable bonds is 4. The number of fused-ring (bicyclic) bond motifs is 1. The molecule has 0 unspecified atom stereocenters. The zero-order valence-electron chi connectivity index (χ0n) is 14.6. The van der Waals surface area contributed by atoms with Gasteiger partial charge in [0.15, 0.2) is 5.58 Å². The number of pyridine rings is 1. The summed E-state index contributed by atoms with van der Waals surface area (Å²) in [6.07, 6.45) is 1.60. The third-order valence-electron chi connectivity index (χ3n) is 4.23. The Hall–Kier alpha value is -3.78. The van der Waals surface area contributed by atoms with Gasteiger partial charge in [-0.2, -0.15) is 0 Å². The predicted molar refractivity (Wildman–Crippen MR) is 98.4 cm³/mol. The lowest BCUT2D eigenvalue weighted by molar-refractivity contribution is 0.0706. The van der Waals surface area contributed by atoms with E-state index in [1.54, 1.807) is 35.9 Å². The number of aromatic nitrogens is 2. The van der Waals surface area contributed by atoms with E-state index in [4.69, 9.17) is 14.4 Å². The fourth-order valence-corrected chi connectivity index (χ4v) is 2.79. The second-order valence-electron chi connectivity index (χ2n) is 5.93. The SMILES string of the molecule is COc1ccc(-c2ccc(-c3nc4cc(C(=O)NO)ccc4o3)c(F)c2)cn1. The molecule has 0 bridgehead atoms. The van der Waals surface area contributed by atoms with Gasteiger partial charge in [-0.3, -0.25) is 10.0 Å². The van der Waals surface area contributed by atoms with Crippen molar-refractivity contribution < 1.29 is 23.5 Å². The molecule has 2 aromatic carbocycles. The maximum absolute atomic E-state index is 14.7. The van der Waals surface area contributed by atoms with Gasteiger partial charge in [-0.05, 0) is 42.0 Å². The van der Waals surface area contributed by atoms with Crippen LogP contribution in [-0.2, 0) is 0 Å². The van der Waals surface area contributed by atoms with Gasteiger partial charge in [0.1, 0.15) is 11.3 Å². The minimum atomic E-state index is -0.671. The Kier molecular flexibility index (Phi) is 4.46. The van der Waals surface area contributed by atoms with E-state index in [-0.39, 0.29) is 17.0 Å². The van der Waals surface area contributed by atoms with Crippen molar-refractivity contribution in [3.63, 3.8) is 0 Å². The van der Waals surface area contributed by atoms with Gasteiger partial charge in [-0.15, -0.1) is 0 Å². The standard InChI is InChI=1S/C20H14FN3O4/c1-27-18-7-4-13(10-22-18)11-2-5-14(15(21)8-11)20-23-16-9-12(19(25)24-26)3-6-17(16)28-20/h2-10,26H,1H3,(H,24,25). The molecule has 4 rings (SSSR count). The molecule has 1 amide bonds. The van der Waals surface area contributed by atoms with Crippen LogP contribution < -0.4 is 10.2 Å². The highest BCUT2D eigenvalue weighted by molar-refractivity contribution is 5.96. The van der Waals surface area contributed by atoms with E-state index in [2.05, 4.69) is 9.97 Å². The van der Waals surface area contributed by atoms with Gasteiger partial charge < -0.3 is 9.15 Å². The smallest absolute Gasteiger partial charge is 0.274 e. The van der Waals surface area contributed by atoms with E-state index >= 15 is 0 Å². The number of carbonyl (C=O) groups excluding carboxylic acids is 1. The second kappa shape index (κ2) is 7.09. The van der Waals surface area contributed by atoms with Gasteiger partial charge in [-0.25, -0.2) is 19.8 Å². The van der Waals surface area contributed by atoms with Crippen LogP contribution in [0.25, 0.3) is 33.7 Å². The van der Waals surface area contributed by atoms with Crippen molar-refractivity contribution in [2.45, 2.75) is 0 Å². The lowest BCUT2D eigenvalue weighted by Gasteiger charge is -2.05. The Balaban J connectivity index is 1.69. The van der Waals surface area contributed by atoms with Crippen LogP contribution in [0.5, 0.6) is 5.88 Å². The Morgan fingerprint density at radius 3 is 2.64 bits per heavy atom. The Morgan fingerprint density at radius 1 is 1.14 bits per heavy atom. The first-order valence-corrected chi connectivity index (χ1v) is 8.24. The third kappa shape index (κ3) is 3.17. The maximum Gasteiger partial charge on any atom is 0.274 e. The highest BCUT2D eigenvalue weighted by Crippen LogP contribution is 2.30. The van der Waals surface area contributed by atoms with E-state index in [1.807, 2.05) is 0 Å². The lowest BCUT2D eigenvalue weighted by atomic mass is 10.1. The van der Waals surface area contributed by atoms with Crippen LogP contribution >= 0.6 is 0 Å². The number of methoxy groups -OCH3 is 1. The molecule has 0 aliphatic rings. The molecule has 0 aliphatic heterocycles. The molecule has 0 spiro atoms. The number of ether oxygens (including phenoxy) is 1. The van der Waals surface area contributed by atoms with Crippen molar-refractivity contribution in [1.82, 2.24) is 15.4 Å². The number of nitrogens with zero attached hydrogens (tertiary/aromatic N) is 2. The number of halogens is 1. The van der Waals surface area contributed by atoms with Gasteiger partial charge in [0, 0.05) is 23.4 Å². The molecule has 0 saturated heterocycles. The summed E-state index contributed by atoms with van der Waals surface area (Å²) in [5.74, 6) is -0.613. The van der Waals surface area contributed by atoms with Crippen LogP contribution in [0.15, 0.2) is 59.1 Å². The highest BCUT2D eigenvalue weighted by atomic mass is 19.1. The molecule has 0 radical (unpaired) electrons. The number of nitrogens with one attached hydrogen (secondary N) is 1. The number of hydrogen-bond donors (Lipinski definition) is 2. The van der Waals surface area contributed by atoms with Crippen molar-refractivity contribution in [2.75, 3.05) is 7.11 Å². The van der Waals surface area contributed by atoms with E-state index < -0.39 is 11.7 Å². The predicted octanol–water partition coefficient (Wildman–Crippen LogP) is 3.82. The third-order valence-corrected chi connectivity index (χ3v) is 4.23. The summed E-state index contributed by atoms with van der Waals surface area (Å²) in [4.78, 5) is 19.9. The van der Waals surface area contributed by atoms with Crippen molar-refractivity contribution in [3.8, 4) is 28.5 Å². The molecule has 2 N–H and O–H groups in total. The van der Waals surface area contributed by atoms with Gasteiger partial charge in [-0.1, -0.05) is 6.07 Å². The van der Waals surface area contributed by atoms with Crippen LogP contribution in [0.4, 0.5) is 4.39 Å². The molecule has 0 saturated carbocycles. The topological polar surface area (TPSA) is 97.5 Å². The Bertz CT molecular complexity index is 1170. The summed E-state index contributed by atoms with van der Waals surface area (Å²) in [5.41, 5.74) is 4.10. The number of hydroxylamine groups is 1. The van der Waals surface area contributed by atoms with E-state index in [1.165, 1.54) is 31.4 Å². The molecule has 0 aliphatic carbocycles.